The van der Waals surface area contributed by atoms with Gasteiger partial charge < -0.3 is 9.84 Å². The van der Waals surface area contributed by atoms with E-state index in [1.54, 1.807) is 6.08 Å². The lowest BCUT2D eigenvalue weighted by molar-refractivity contribution is -0.137. The second kappa shape index (κ2) is 11.4. The molecule has 0 aliphatic carbocycles. The Kier molecular flexibility index (Phi) is 9.80. The number of carbonyl (C=O) groups is 2. The normalized spacial score (nSPS) is 20.4. The fraction of sp³-hybridized carbons (Fsp3) is 0.778. The van der Waals surface area contributed by atoms with Crippen LogP contribution in [0.2, 0.25) is 0 Å². The minimum absolute atomic E-state index is 0.114. The molecule has 0 amide bonds. The molecule has 0 aromatic carbocycles. The highest BCUT2D eigenvalue weighted by atomic mass is 16.6. The third-order valence-electron chi connectivity index (χ3n) is 4.00. The van der Waals surface area contributed by atoms with Crippen molar-refractivity contribution in [1.82, 2.24) is 0 Å². The Morgan fingerprint density at radius 3 is 2.50 bits per heavy atom. The quantitative estimate of drug-likeness (QED) is 0.295. The molecule has 1 rings (SSSR count). The van der Waals surface area contributed by atoms with Gasteiger partial charge in [-0.3, -0.25) is 9.59 Å². The number of unbranched alkanes of at least 4 members (excludes halogenated alkanes) is 7. The molecule has 0 bridgehead atoms. The molecule has 126 valence electrons. The van der Waals surface area contributed by atoms with Crippen LogP contribution in [0.4, 0.5) is 0 Å². The summed E-state index contributed by atoms with van der Waals surface area (Å²) in [4.78, 5) is 22.2. The van der Waals surface area contributed by atoms with Gasteiger partial charge in [0.15, 0.2) is 5.78 Å². The number of carboxylic acids is 1. The van der Waals surface area contributed by atoms with Gasteiger partial charge >= 0.3 is 5.97 Å². The lowest BCUT2D eigenvalue weighted by atomic mass is 10.1. The Bertz CT molecular complexity index is 362. The van der Waals surface area contributed by atoms with Crippen LogP contribution in [0.5, 0.6) is 0 Å². The molecular formula is C18H30O4. The van der Waals surface area contributed by atoms with Crippen molar-refractivity contribution in [2.24, 2.45) is 0 Å². The van der Waals surface area contributed by atoms with Gasteiger partial charge in [-0.05, 0) is 31.8 Å². The van der Waals surface area contributed by atoms with Gasteiger partial charge in [0.2, 0.25) is 0 Å². The Morgan fingerprint density at radius 1 is 1.05 bits per heavy atom. The smallest absolute Gasteiger partial charge is 0.303 e. The molecule has 0 saturated carbocycles. The Morgan fingerprint density at radius 2 is 1.77 bits per heavy atom. The van der Waals surface area contributed by atoms with E-state index in [1.807, 2.05) is 6.08 Å². The highest BCUT2D eigenvalue weighted by Gasteiger charge is 2.42. The maximum absolute atomic E-state index is 11.8. The lowest BCUT2D eigenvalue weighted by Gasteiger charge is -1.98. The van der Waals surface area contributed by atoms with Crippen LogP contribution in [0.25, 0.3) is 0 Å². The maximum Gasteiger partial charge on any atom is 0.303 e. The summed E-state index contributed by atoms with van der Waals surface area (Å²) in [5.41, 5.74) is 0. The minimum Gasteiger partial charge on any atom is -0.481 e. The molecule has 1 fully saturated rings. The molecule has 0 spiro atoms. The first-order chi connectivity index (χ1) is 10.6. The van der Waals surface area contributed by atoms with Gasteiger partial charge in [0.05, 0.1) is 6.10 Å². The van der Waals surface area contributed by atoms with Gasteiger partial charge in [-0.1, -0.05) is 51.5 Å². The van der Waals surface area contributed by atoms with Gasteiger partial charge in [0, 0.05) is 6.42 Å². The number of allylic oxidation sites excluding steroid dienone is 1. The number of carboxylic acid groups (broad SMARTS) is 1. The number of hydrogen-bond donors (Lipinski definition) is 1. The predicted octanol–water partition coefficient (Wildman–Crippen LogP) is 4.27. The first-order valence-electron chi connectivity index (χ1n) is 8.72. The van der Waals surface area contributed by atoms with Crippen molar-refractivity contribution in [1.29, 1.82) is 0 Å². The standard InChI is InChI=1S/C18H30O4/c1-2-3-4-6-9-12-15(19)18-16(22-18)13-10-7-5-8-11-14-17(20)21/h9,12,16,18H,2-8,10-11,13-14H2,1H3,(H,20,21)/b12-9-. The monoisotopic (exact) mass is 310 g/mol. The fourth-order valence-electron chi connectivity index (χ4n) is 2.57. The molecule has 0 radical (unpaired) electrons. The third-order valence-corrected chi connectivity index (χ3v) is 4.00. The zero-order valence-electron chi connectivity index (χ0n) is 13.8. The summed E-state index contributed by atoms with van der Waals surface area (Å²) in [6.45, 7) is 2.17. The fourth-order valence-corrected chi connectivity index (χ4v) is 2.57. The van der Waals surface area contributed by atoms with Crippen LogP contribution in [0.15, 0.2) is 12.2 Å². The lowest BCUT2D eigenvalue weighted by Crippen LogP contribution is -2.06. The summed E-state index contributed by atoms with van der Waals surface area (Å²) in [7, 11) is 0. The van der Waals surface area contributed by atoms with E-state index in [2.05, 4.69) is 6.92 Å². The second-order valence-electron chi connectivity index (χ2n) is 6.10. The van der Waals surface area contributed by atoms with Crippen LogP contribution < -0.4 is 0 Å². The Hall–Kier alpha value is -1.16. The largest absolute Gasteiger partial charge is 0.481 e. The van der Waals surface area contributed by atoms with Gasteiger partial charge in [-0.25, -0.2) is 0 Å². The number of epoxide rings is 1. The number of ether oxygens (including phenoxy) is 1. The second-order valence-corrected chi connectivity index (χ2v) is 6.10. The predicted molar refractivity (Wildman–Crippen MR) is 86.9 cm³/mol. The van der Waals surface area contributed by atoms with Crippen molar-refractivity contribution in [2.75, 3.05) is 0 Å². The van der Waals surface area contributed by atoms with Crippen LogP contribution in [-0.2, 0) is 14.3 Å². The summed E-state index contributed by atoms with van der Waals surface area (Å²) in [5.74, 6) is -0.599. The molecule has 0 aromatic rings. The minimum atomic E-state index is -0.713. The first-order valence-corrected chi connectivity index (χ1v) is 8.72. The van der Waals surface area contributed by atoms with Crippen LogP contribution >= 0.6 is 0 Å². The molecule has 1 N–H and O–H groups in total. The van der Waals surface area contributed by atoms with Gasteiger partial charge in [-0.15, -0.1) is 0 Å². The summed E-state index contributed by atoms with van der Waals surface area (Å²) < 4.78 is 5.44. The zero-order chi connectivity index (χ0) is 16.2. The van der Waals surface area contributed by atoms with E-state index in [-0.39, 0.29) is 24.4 Å². The van der Waals surface area contributed by atoms with Crippen LogP contribution in [0.3, 0.4) is 0 Å². The molecular weight excluding hydrogens is 280 g/mol. The molecule has 4 nitrogen and oxygen atoms in total. The van der Waals surface area contributed by atoms with E-state index in [0.29, 0.717) is 0 Å². The van der Waals surface area contributed by atoms with Crippen LogP contribution in [0, 0.1) is 0 Å². The number of carbonyl (C=O) groups excluding carboxylic acids is 1. The van der Waals surface area contributed by atoms with Crippen molar-refractivity contribution in [2.45, 2.75) is 89.8 Å². The highest BCUT2D eigenvalue weighted by Crippen LogP contribution is 2.28. The van der Waals surface area contributed by atoms with Gasteiger partial charge in [0.25, 0.3) is 0 Å². The van der Waals surface area contributed by atoms with Gasteiger partial charge in [-0.2, -0.15) is 0 Å². The molecule has 1 aliphatic rings. The Labute approximate surface area is 133 Å². The summed E-state index contributed by atoms with van der Waals surface area (Å²) in [5, 5.41) is 8.53. The number of rotatable bonds is 14. The topological polar surface area (TPSA) is 66.9 Å². The first kappa shape index (κ1) is 18.9. The molecule has 0 aromatic heterocycles. The molecule has 22 heavy (non-hydrogen) atoms. The molecule has 2 unspecified atom stereocenters. The van der Waals surface area contributed by atoms with E-state index in [1.165, 1.54) is 12.8 Å². The van der Waals surface area contributed by atoms with E-state index in [0.717, 1.165) is 51.4 Å². The van der Waals surface area contributed by atoms with E-state index in [9.17, 15) is 9.59 Å². The molecule has 1 saturated heterocycles. The summed E-state index contributed by atoms with van der Waals surface area (Å²) in [6, 6.07) is 0. The van der Waals surface area contributed by atoms with Crippen molar-refractivity contribution < 1.29 is 19.4 Å². The van der Waals surface area contributed by atoms with E-state index >= 15 is 0 Å². The molecule has 2 atom stereocenters. The average molecular weight is 310 g/mol. The van der Waals surface area contributed by atoms with E-state index < -0.39 is 5.97 Å². The zero-order valence-corrected chi connectivity index (χ0v) is 13.8. The molecule has 1 heterocycles. The number of hydrogen-bond acceptors (Lipinski definition) is 3. The maximum atomic E-state index is 11.8. The Balaban J connectivity index is 1.95. The SMILES string of the molecule is CCCCC/C=C\C(=O)C1OC1CCCCCCCC(=O)O. The summed E-state index contributed by atoms with van der Waals surface area (Å²) in [6.07, 6.45) is 14.3. The van der Waals surface area contributed by atoms with Gasteiger partial charge in [0.1, 0.15) is 6.10 Å². The van der Waals surface area contributed by atoms with Crippen LogP contribution in [-0.4, -0.2) is 29.1 Å². The summed E-state index contributed by atoms with van der Waals surface area (Å²) >= 11 is 0. The average Bonchev–Trinajstić information content (AvgIpc) is 3.25. The number of aliphatic carboxylic acids is 1. The van der Waals surface area contributed by atoms with Crippen molar-refractivity contribution in [3.63, 3.8) is 0 Å². The van der Waals surface area contributed by atoms with Crippen molar-refractivity contribution in [3.8, 4) is 0 Å². The third kappa shape index (κ3) is 8.98. The van der Waals surface area contributed by atoms with Crippen LogP contribution in [0.1, 0.15) is 77.6 Å². The van der Waals surface area contributed by atoms with E-state index in [4.69, 9.17) is 9.84 Å². The molecule has 1 aliphatic heterocycles. The molecule has 4 heteroatoms. The van der Waals surface area contributed by atoms with Crippen molar-refractivity contribution in [3.05, 3.63) is 12.2 Å². The number of ketones is 1. The highest BCUT2D eigenvalue weighted by molar-refractivity contribution is 5.95. The van der Waals surface area contributed by atoms with Crippen molar-refractivity contribution >= 4 is 11.8 Å².